The highest BCUT2D eigenvalue weighted by molar-refractivity contribution is 6.06. The first-order valence-electron chi connectivity index (χ1n) is 11.0. The second-order valence-electron chi connectivity index (χ2n) is 8.07. The van der Waals surface area contributed by atoms with Crippen molar-refractivity contribution < 1.29 is 23.5 Å². The lowest BCUT2D eigenvalue weighted by Gasteiger charge is -2.14. The molecule has 0 fully saturated rings. The van der Waals surface area contributed by atoms with Gasteiger partial charge in [-0.25, -0.2) is 0 Å². The molecule has 4 aromatic rings. The van der Waals surface area contributed by atoms with Crippen LogP contribution in [-0.4, -0.2) is 26.0 Å². The number of aryl methyl sites for hydroxylation is 1. The Morgan fingerprint density at radius 2 is 1.71 bits per heavy atom. The predicted octanol–water partition coefficient (Wildman–Crippen LogP) is 5.57. The summed E-state index contributed by atoms with van der Waals surface area (Å²) in [5.41, 5.74) is 11.0. The number of carbonyl (C=O) groups is 2. The van der Waals surface area contributed by atoms with Crippen molar-refractivity contribution in [1.29, 1.82) is 0 Å². The topological polar surface area (TPSA) is 104 Å². The number of primary amides is 1. The fourth-order valence-corrected chi connectivity index (χ4v) is 4.12. The third-order valence-corrected chi connectivity index (χ3v) is 5.85. The number of amides is 2. The first kappa shape index (κ1) is 23.6. The Hall–Kier alpha value is -4.52. The van der Waals surface area contributed by atoms with E-state index in [2.05, 4.69) is 5.32 Å². The number of methoxy groups -OCH3 is 2. The van der Waals surface area contributed by atoms with Crippen LogP contribution in [0, 0.1) is 6.92 Å². The minimum atomic E-state index is -0.525. The molecule has 0 aliphatic rings. The van der Waals surface area contributed by atoms with E-state index in [1.54, 1.807) is 44.7 Å². The SMILES string of the molecule is COc1ccccc1-c1coc2c(C)c(OC)c(/C(C)=C/C(=O)Nc3ccc(C(N)=O)cc3)cc12. The number of hydrogen-bond donors (Lipinski definition) is 2. The Kier molecular flexibility index (Phi) is 6.59. The molecule has 0 atom stereocenters. The molecule has 7 nitrogen and oxygen atoms in total. The quantitative estimate of drug-likeness (QED) is 0.344. The van der Waals surface area contributed by atoms with Crippen molar-refractivity contribution in [2.45, 2.75) is 13.8 Å². The van der Waals surface area contributed by atoms with Crippen molar-refractivity contribution in [3.05, 3.63) is 83.6 Å². The number of benzene rings is 3. The number of fused-ring (bicyclic) bond motifs is 1. The van der Waals surface area contributed by atoms with Gasteiger partial charge in [0.2, 0.25) is 11.8 Å². The maximum Gasteiger partial charge on any atom is 0.248 e. The number of carbonyl (C=O) groups excluding carboxylic acids is 2. The van der Waals surface area contributed by atoms with Crippen LogP contribution in [0.3, 0.4) is 0 Å². The molecule has 0 aliphatic heterocycles. The molecule has 0 aliphatic carbocycles. The average molecular weight is 471 g/mol. The summed E-state index contributed by atoms with van der Waals surface area (Å²) in [6, 6.07) is 16.1. The third kappa shape index (κ3) is 4.61. The molecule has 1 aromatic heterocycles. The zero-order valence-corrected chi connectivity index (χ0v) is 20.0. The number of furan rings is 1. The normalized spacial score (nSPS) is 11.4. The lowest BCUT2D eigenvalue weighted by atomic mass is 9.96. The molecule has 0 unspecified atom stereocenters. The van der Waals surface area contributed by atoms with Gasteiger partial charge < -0.3 is 24.9 Å². The van der Waals surface area contributed by atoms with E-state index in [9.17, 15) is 9.59 Å². The molecule has 0 saturated carbocycles. The molecule has 4 rings (SSSR count). The summed E-state index contributed by atoms with van der Waals surface area (Å²) in [6.07, 6.45) is 3.22. The fourth-order valence-electron chi connectivity index (χ4n) is 4.12. The molecule has 178 valence electrons. The van der Waals surface area contributed by atoms with Crippen LogP contribution in [0.15, 0.2) is 71.4 Å². The van der Waals surface area contributed by atoms with Gasteiger partial charge in [0, 0.05) is 45.0 Å². The molecule has 0 radical (unpaired) electrons. The van der Waals surface area contributed by atoms with Gasteiger partial charge >= 0.3 is 0 Å². The molecule has 3 N–H and O–H groups in total. The van der Waals surface area contributed by atoms with Gasteiger partial charge in [-0.15, -0.1) is 0 Å². The van der Waals surface area contributed by atoms with Crippen molar-refractivity contribution in [2.24, 2.45) is 5.73 Å². The highest BCUT2D eigenvalue weighted by atomic mass is 16.5. The van der Waals surface area contributed by atoms with Crippen LogP contribution in [-0.2, 0) is 4.79 Å². The molecule has 0 bridgehead atoms. The monoisotopic (exact) mass is 470 g/mol. The lowest BCUT2D eigenvalue weighted by molar-refractivity contribution is -0.111. The molecule has 35 heavy (non-hydrogen) atoms. The summed E-state index contributed by atoms with van der Waals surface area (Å²) in [6.45, 7) is 3.77. The number of nitrogens with one attached hydrogen (secondary N) is 1. The second-order valence-corrected chi connectivity index (χ2v) is 8.07. The number of ether oxygens (including phenoxy) is 2. The van der Waals surface area contributed by atoms with Gasteiger partial charge in [0.25, 0.3) is 0 Å². The fraction of sp³-hybridized carbons (Fsp3) is 0.143. The molecule has 2 amide bonds. The summed E-state index contributed by atoms with van der Waals surface area (Å²) >= 11 is 0. The third-order valence-electron chi connectivity index (χ3n) is 5.85. The van der Waals surface area contributed by atoms with Crippen molar-refractivity contribution in [3.63, 3.8) is 0 Å². The molecule has 7 heteroatoms. The Morgan fingerprint density at radius 3 is 2.37 bits per heavy atom. The van der Waals surface area contributed by atoms with Gasteiger partial charge in [-0.05, 0) is 55.8 Å². The van der Waals surface area contributed by atoms with Gasteiger partial charge in [-0.2, -0.15) is 0 Å². The minimum absolute atomic E-state index is 0.314. The number of anilines is 1. The van der Waals surface area contributed by atoms with Crippen LogP contribution in [0.2, 0.25) is 0 Å². The Morgan fingerprint density at radius 1 is 1.00 bits per heavy atom. The maximum atomic E-state index is 12.7. The van der Waals surface area contributed by atoms with Crippen LogP contribution in [0.4, 0.5) is 5.69 Å². The molecule has 0 saturated heterocycles. The summed E-state index contributed by atoms with van der Waals surface area (Å²) in [4.78, 5) is 24.0. The molecule has 3 aromatic carbocycles. The first-order valence-corrected chi connectivity index (χ1v) is 11.0. The van der Waals surface area contributed by atoms with Gasteiger partial charge in [-0.3, -0.25) is 9.59 Å². The van der Waals surface area contributed by atoms with E-state index < -0.39 is 5.91 Å². The molecule has 1 heterocycles. The van der Waals surface area contributed by atoms with E-state index in [1.807, 2.05) is 44.2 Å². The van der Waals surface area contributed by atoms with Crippen LogP contribution in [0.25, 0.3) is 27.7 Å². The Balaban J connectivity index is 1.73. The number of nitrogens with two attached hydrogens (primary N) is 1. The summed E-state index contributed by atoms with van der Waals surface area (Å²) < 4.78 is 17.2. The van der Waals surface area contributed by atoms with E-state index in [0.717, 1.165) is 33.4 Å². The standard InChI is InChI=1S/C28H26N2O5/c1-16(13-25(31)30-19-11-9-18(10-12-19)28(29)32)21-14-22-23(20-7-5-6-8-24(20)33-3)15-35-27(22)17(2)26(21)34-4/h5-15H,1-4H3,(H2,29,32)(H,30,31)/b16-13+. The van der Waals surface area contributed by atoms with E-state index in [0.29, 0.717) is 28.2 Å². The summed E-state index contributed by atoms with van der Waals surface area (Å²) in [5.74, 6) is 0.527. The van der Waals surface area contributed by atoms with Crippen molar-refractivity contribution >= 4 is 34.0 Å². The van der Waals surface area contributed by atoms with E-state index >= 15 is 0 Å². The van der Waals surface area contributed by atoms with Crippen LogP contribution < -0.4 is 20.5 Å². The van der Waals surface area contributed by atoms with Crippen LogP contribution in [0.5, 0.6) is 11.5 Å². The van der Waals surface area contributed by atoms with E-state index in [1.165, 1.54) is 6.08 Å². The van der Waals surface area contributed by atoms with Gasteiger partial charge in [0.1, 0.15) is 17.1 Å². The van der Waals surface area contributed by atoms with Gasteiger partial charge in [0.05, 0.1) is 20.5 Å². The van der Waals surface area contributed by atoms with Crippen molar-refractivity contribution in [3.8, 4) is 22.6 Å². The first-order chi connectivity index (χ1) is 16.8. The van der Waals surface area contributed by atoms with E-state index in [-0.39, 0.29) is 5.91 Å². The zero-order valence-electron chi connectivity index (χ0n) is 20.0. The van der Waals surface area contributed by atoms with Crippen LogP contribution in [0.1, 0.15) is 28.4 Å². The Labute approximate surface area is 203 Å². The maximum absolute atomic E-state index is 12.7. The van der Waals surface area contributed by atoms with Crippen LogP contribution >= 0.6 is 0 Å². The minimum Gasteiger partial charge on any atom is -0.496 e. The summed E-state index contributed by atoms with van der Waals surface area (Å²) in [7, 11) is 3.23. The van der Waals surface area contributed by atoms with Crippen molar-refractivity contribution in [1.82, 2.24) is 0 Å². The molecular formula is C28H26N2O5. The summed E-state index contributed by atoms with van der Waals surface area (Å²) in [5, 5.41) is 3.69. The smallest absolute Gasteiger partial charge is 0.248 e. The number of allylic oxidation sites excluding steroid dienone is 1. The lowest BCUT2D eigenvalue weighted by Crippen LogP contribution is -2.12. The Bertz CT molecular complexity index is 1450. The van der Waals surface area contributed by atoms with E-state index in [4.69, 9.17) is 19.6 Å². The largest absolute Gasteiger partial charge is 0.496 e. The number of hydrogen-bond acceptors (Lipinski definition) is 5. The highest BCUT2D eigenvalue weighted by Gasteiger charge is 2.20. The highest BCUT2D eigenvalue weighted by Crippen LogP contribution is 2.42. The number of rotatable bonds is 7. The number of para-hydroxylation sites is 1. The van der Waals surface area contributed by atoms with Gasteiger partial charge in [0.15, 0.2) is 0 Å². The van der Waals surface area contributed by atoms with Gasteiger partial charge in [-0.1, -0.05) is 18.2 Å². The molecule has 0 spiro atoms. The zero-order chi connectivity index (χ0) is 25.1. The second kappa shape index (κ2) is 9.77. The predicted molar refractivity (Wildman–Crippen MR) is 137 cm³/mol. The average Bonchev–Trinajstić information content (AvgIpc) is 3.28. The molecular weight excluding hydrogens is 444 g/mol. The van der Waals surface area contributed by atoms with Crippen molar-refractivity contribution in [2.75, 3.05) is 19.5 Å².